The summed E-state index contributed by atoms with van der Waals surface area (Å²) in [6, 6.07) is 0. The van der Waals surface area contributed by atoms with Crippen LogP contribution in [-0.2, 0) is 18.2 Å². The van der Waals surface area contributed by atoms with Crippen molar-refractivity contribution < 1.29 is 4.74 Å². The lowest BCUT2D eigenvalue weighted by atomic mass is 10.1. The second-order valence-corrected chi connectivity index (χ2v) is 7.55. The lowest BCUT2D eigenvalue weighted by Gasteiger charge is -2.34. The molecular weight excluding hydrogens is 328 g/mol. The third-order valence-electron chi connectivity index (χ3n) is 4.89. The van der Waals surface area contributed by atoms with Crippen molar-refractivity contribution in [2.75, 3.05) is 46.4 Å². The van der Waals surface area contributed by atoms with Crippen molar-refractivity contribution >= 4 is 5.96 Å². The van der Waals surface area contributed by atoms with Gasteiger partial charge in [0.1, 0.15) is 0 Å². The van der Waals surface area contributed by atoms with Crippen LogP contribution in [0, 0.1) is 19.8 Å². The summed E-state index contributed by atoms with van der Waals surface area (Å²) in [4.78, 5) is 6.82. The van der Waals surface area contributed by atoms with E-state index in [2.05, 4.69) is 53.3 Å². The van der Waals surface area contributed by atoms with E-state index in [4.69, 9.17) is 4.74 Å². The second-order valence-electron chi connectivity index (χ2n) is 7.55. The fourth-order valence-electron chi connectivity index (χ4n) is 3.50. The van der Waals surface area contributed by atoms with E-state index in [1.165, 1.54) is 11.3 Å². The van der Waals surface area contributed by atoms with E-state index in [-0.39, 0.29) is 6.10 Å². The summed E-state index contributed by atoms with van der Waals surface area (Å²) in [5.41, 5.74) is 3.65. The van der Waals surface area contributed by atoms with Crippen molar-refractivity contribution in [2.45, 2.75) is 40.2 Å². The van der Waals surface area contributed by atoms with Gasteiger partial charge in [0.15, 0.2) is 5.96 Å². The molecule has 7 nitrogen and oxygen atoms in total. The lowest BCUT2D eigenvalue weighted by Crippen LogP contribution is -2.50. The highest BCUT2D eigenvalue weighted by Crippen LogP contribution is 2.12. The molecule has 1 aromatic heterocycles. The molecule has 0 aliphatic carbocycles. The number of aryl methyl sites for hydroxylation is 2. The van der Waals surface area contributed by atoms with Crippen LogP contribution in [0.1, 0.15) is 30.8 Å². The Kier molecular flexibility index (Phi) is 7.90. The van der Waals surface area contributed by atoms with Gasteiger partial charge in [0.25, 0.3) is 0 Å². The van der Waals surface area contributed by atoms with Gasteiger partial charge in [-0.25, -0.2) is 0 Å². The maximum absolute atomic E-state index is 5.89. The van der Waals surface area contributed by atoms with E-state index >= 15 is 0 Å². The SMILES string of the molecule is CN=C(NCCc1c(C)nn(C)c1C)NCC1CN(CC(C)C)CCO1. The summed E-state index contributed by atoms with van der Waals surface area (Å²) >= 11 is 0. The molecule has 2 heterocycles. The molecule has 0 saturated carbocycles. The van der Waals surface area contributed by atoms with Crippen LogP contribution in [-0.4, -0.2) is 73.1 Å². The Labute approximate surface area is 158 Å². The first-order chi connectivity index (χ1) is 12.4. The Morgan fingerprint density at radius 1 is 1.35 bits per heavy atom. The van der Waals surface area contributed by atoms with Crippen LogP contribution < -0.4 is 10.6 Å². The van der Waals surface area contributed by atoms with E-state index in [1.54, 1.807) is 0 Å². The Morgan fingerprint density at radius 2 is 2.12 bits per heavy atom. The number of aromatic nitrogens is 2. The van der Waals surface area contributed by atoms with Crippen molar-refractivity contribution in [3.8, 4) is 0 Å². The van der Waals surface area contributed by atoms with E-state index < -0.39 is 0 Å². The summed E-state index contributed by atoms with van der Waals surface area (Å²) in [5, 5.41) is 11.3. The molecule has 1 aromatic rings. The second kappa shape index (κ2) is 9.92. The predicted octanol–water partition coefficient (Wildman–Crippen LogP) is 1.10. The summed E-state index contributed by atoms with van der Waals surface area (Å²) in [5.74, 6) is 1.52. The highest BCUT2D eigenvalue weighted by molar-refractivity contribution is 5.79. The number of nitrogens with zero attached hydrogens (tertiary/aromatic N) is 4. The zero-order valence-corrected chi connectivity index (χ0v) is 17.3. The maximum atomic E-state index is 5.89. The molecule has 7 heteroatoms. The molecule has 1 aliphatic heterocycles. The molecule has 1 fully saturated rings. The van der Waals surface area contributed by atoms with Gasteiger partial charge in [0.2, 0.25) is 0 Å². The topological polar surface area (TPSA) is 66.7 Å². The van der Waals surface area contributed by atoms with E-state index in [0.717, 1.165) is 57.4 Å². The molecule has 1 saturated heterocycles. The molecule has 0 radical (unpaired) electrons. The van der Waals surface area contributed by atoms with Crippen LogP contribution in [0.5, 0.6) is 0 Å². The third kappa shape index (κ3) is 5.99. The third-order valence-corrected chi connectivity index (χ3v) is 4.89. The molecule has 0 spiro atoms. The van der Waals surface area contributed by atoms with Crippen LogP contribution in [0.4, 0.5) is 0 Å². The summed E-state index contributed by atoms with van der Waals surface area (Å²) in [6.07, 6.45) is 1.15. The zero-order valence-electron chi connectivity index (χ0n) is 17.3. The minimum absolute atomic E-state index is 0.212. The summed E-state index contributed by atoms with van der Waals surface area (Å²) < 4.78 is 7.84. The molecule has 2 rings (SSSR count). The first-order valence-electron chi connectivity index (χ1n) is 9.68. The number of hydrogen-bond acceptors (Lipinski definition) is 4. The summed E-state index contributed by atoms with van der Waals surface area (Å²) in [7, 11) is 3.80. The number of hydrogen-bond donors (Lipinski definition) is 2. The molecule has 0 bridgehead atoms. The molecule has 148 valence electrons. The smallest absolute Gasteiger partial charge is 0.191 e. The van der Waals surface area contributed by atoms with Gasteiger partial charge >= 0.3 is 0 Å². The largest absolute Gasteiger partial charge is 0.374 e. The van der Waals surface area contributed by atoms with E-state index in [9.17, 15) is 0 Å². The number of aliphatic imine (C=N–C) groups is 1. The van der Waals surface area contributed by atoms with Gasteiger partial charge in [-0.05, 0) is 31.7 Å². The highest BCUT2D eigenvalue weighted by atomic mass is 16.5. The fraction of sp³-hybridized carbons (Fsp3) is 0.789. The molecule has 0 aromatic carbocycles. The molecule has 26 heavy (non-hydrogen) atoms. The molecule has 1 atom stereocenters. The standard InChI is InChI=1S/C19H36N6O/c1-14(2)12-25-9-10-26-17(13-25)11-22-19(20-5)21-8-7-18-15(3)23-24(6)16(18)4/h14,17H,7-13H2,1-6H3,(H2,20,21,22). The van der Waals surface area contributed by atoms with Gasteiger partial charge in [-0.3, -0.25) is 14.6 Å². The van der Waals surface area contributed by atoms with Crippen molar-refractivity contribution in [3.05, 3.63) is 17.0 Å². The lowest BCUT2D eigenvalue weighted by molar-refractivity contribution is -0.0284. The van der Waals surface area contributed by atoms with Gasteiger partial charge in [0.05, 0.1) is 18.4 Å². The van der Waals surface area contributed by atoms with E-state index in [1.807, 2.05) is 18.8 Å². The molecule has 0 amide bonds. The number of guanidine groups is 1. The average Bonchev–Trinajstić information content (AvgIpc) is 2.83. The first kappa shape index (κ1) is 20.7. The quantitative estimate of drug-likeness (QED) is 0.560. The van der Waals surface area contributed by atoms with Crippen molar-refractivity contribution in [2.24, 2.45) is 18.0 Å². The minimum Gasteiger partial charge on any atom is -0.374 e. The van der Waals surface area contributed by atoms with Crippen LogP contribution >= 0.6 is 0 Å². The zero-order chi connectivity index (χ0) is 19.1. The van der Waals surface area contributed by atoms with E-state index in [0.29, 0.717) is 5.92 Å². The van der Waals surface area contributed by atoms with Crippen molar-refractivity contribution in [3.63, 3.8) is 0 Å². The Bertz CT molecular complexity index is 595. The fourth-order valence-corrected chi connectivity index (χ4v) is 3.50. The Balaban J connectivity index is 1.74. The normalized spacial score (nSPS) is 19.2. The average molecular weight is 365 g/mol. The van der Waals surface area contributed by atoms with Gasteiger partial charge < -0.3 is 15.4 Å². The number of rotatable bonds is 7. The van der Waals surface area contributed by atoms with Crippen molar-refractivity contribution in [1.29, 1.82) is 0 Å². The molecular formula is C19H36N6O. The Hall–Kier alpha value is -1.60. The van der Waals surface area contributed by atoms with Gasteiger partial charge in [-0.2, -0.15) is 5.10 Å². The van der Waals surface area contributed by atoms with Crippen LogP contribution in [0.2, 0.25) is 0 Å². The van der Waals surface area contributed by atoms with Crippen LogP contribution in [0.3, 0.4) is 0 Å². The summed E-state index contributed by atoms with van der Waals surface area (Å²) in [6.45, 7) is 14.3. The van der Waals surface area contributed by atoms with Crippen LogP contribution in [0.15, 0.2) is 4.99 Å². The number of ether oxygens (including phenoxy) is 1. The monoisotopic (exact) mass is 364 g/mol. The first-order valence-corrected chi connectivity index (χ1v) is 9.68. The molecule has 1 unspecified atom stereocenters. The molecule has 1 aliphatic rings. The van der Waals surface area contributed by atoms with Crippen molar-refractivity contribution in [1.82, 2.24) is 25.3 Å². The van der Waals surface area contributed by atoms with Gasteiger partial charge in [-0.1, -0.05) is 13.8 Å². The van der Waals surface area contributed by atoms with Crippen LogP contribution in [0.25, 0.3) is 0 Å². The maximum Gasteiger partial charge on any atom is 0.191 e. The Morgan fingerprint density at radius 3 is 2.73 bits per heavy atom. The van der Waals surface area contributed by atoms with Gasteiger partial charge in [-0.15, -0.1) is 0 Å². The number of morpholine rings is 1. The minimum atomic E-state index is 0.212. The predicted molar refractivity (Wildman–Crippen MR) is 107 cm³/mol. The molecule has 2 N–H and O–H groups in total. The van der Waals surface area contributed by atoms with Gasteiger partial charge in [0, 0.05) is 52.5 Å². The highest BCUT2D eigenvalue weighted by Gasteiger charge is 2.21. The number of nitrogens with one attached hydrogen (secondary N) is 2.